The van der Waals surface area contributed by atoms with Crippen LogP contribution in [0.3, 0.4) is 0 Å². The van der Waals surface area contributed by atoms with Crippen molar-refractivity contribution in [3.63, 3.8) is 0 Å². The second-order valence-electron chi connectivity index (χ2n) is 25.4. The number of allylic oxidation sites excluding steroid dienone is 15. The molecule has 9 aliphatic carbocycles. The first-order chi connectivity index (χ1) is 33.2. The summed E-state index contributed by atoms with van der Waals surface area (Å²) in [7, 11) is 0. The zero-order valence-corrected chi connectivity index (χ0v) is 43.6. The van der Waals surface area contributed by atoms with Gasteiger partial charge in [0.2, 0.25) is 0 Å². The van der Waals surface area contributed by atoms with Gasteiger partial charge in [-0.2, -0.15) is 0 Å². The summed E-state index contributed by atoms with van der Waals surface area (Å²) in [5.41, 5.74) is 23.7. The molecule has 2 aromatic heterocycles. The van der Waals surface area contributed by atoms with Crippen molar-refractivity contribution in [3.05, 3.63) is 140 Å². The Hall–Kier alpha value is -4.16. The van der Waals surface area contributed by atoms with Crippen LogP contribution in [0.1, 0.15) is 190 Å². The minimum atomic E-state index is 0.00566. The van der Waals surface area contributed by atoms with Crippen LogP contribution in [0, 0.1) is 52.8 Å². The van der Waals surface area contributed by atoms with Crippen LogP contribution in [0.5, 0.6) is 0 Å². The van der Waals surface area contributed by atoms with Gasteiger partial charge >= 0.3 is 0 Å². The van der Waals surface area contributed by atoms with Crippen molar-refractivity contribution >= 4 is 23.3 Å². The molecule has 11 aliphatic rings. The molecule has 362 valence electrons. The Morgan fingerprint density at radius 2 is 1.38 bits per heavy atom. The van der Waals surface area contributed by atoms with Gasteiger partial charge in [-0.05, 0) is 160 Å². The fraction of sp³-hybridized carbons (Fsp3) is 0.562. The fourth-order valence-electron chi connectivity index (χ4n) is 17.7. The Balaban J connectivity index is 1.02. The summed E-state index contributed by atoms with van der Waals surface area (Å²) < 4.78 is 5.96. The van der Waals surface area contributed by atoms with Crippen LogP contribution < -0.4 is 16.0 Å². The Kier molecular flexibility index (Phi) is 10.7. The normalized spacial score (nSPS) is 39.1. The van der Waals surface area contributed by atoms with Gasteiger partial charge in [-0.3, -0.25) is 16.0 Å². The Morgan fingerprint density at radius 1 is 0.667 bits per heavy atom. The molecule has 5 nitrogen and oxygen atoms in total. The number of fused-ring (bicyclic) bond motifs is 11. The molecular formula is C64H81N5. The maximum atomic E-state index is 4.54. The van der Waals surface area contributed by atoms with Crippen LogP contribution in [-0.4, -0.2) is 27.6 Å². The lowest BCUT2D eigenvalue weighted by atomic mass is 9.64. The van der Waals surface area contributed by atoms with Crippen LogP contribution in [0.4, 0.5) is 0 Å². The molecule has 1 saturated carbocycles. The summed E-state index contributed by atoms with van der Waals surface area (Å²) in [6, 6.07) is 0.493. The molecule has 2 fully saturated rings. The van der Waals surface area contributed by atoms with E-state index >= 15 is 0 Å². The number of nitrogens with one attached hydrogen (secondary N) is 3. The fourth-order valence-corrected chi connectivity index (χ4v) is 17.7. The molecule has 4 heterocycles. The van der Waals surface area contributed by atoms with Gasteiger partial charge in [-0.15, -0.1) is 0 Å². The van der Waals surface area contributed by atoms with Crippen LogP contribution in [-0.2, 0) is 12.8 Å². The van der Waals surface area contributed by atoms with Crippen molar-refractivity contribution in [1.82, 2.24) is 25.1 Å². The first kappa shape index (κ1) is 44.8. The van der Waals surface area contributed by atoms with E-state index in [1.54, 1.807) is 45.0 Å². The van der Waals surface area contributed by atoms with E-state index in [0.29, 0.717) is 59.3 Å². The van der Waals surface area contributed by atoms with Crippen molar-refractivity contribution in [2.75, 3.05) is 0 Å². The third kappa shape index (κ3) is 6.85. The monoisotopic (exact) mass is 920 g/mol. The Morgan fingerprint density at radius 3 is 2.10 bits per heavy atom. The second kappa shape index (κ2) is 16.4. The molecule has 2 aliphatic heterocycles. The average molecular weight is 920 g/mol. The summed E-state index contributed by atoms with van der Waals surface area (Å²) >= 11 is 0. The molecule has 0 amide bonds. The van der Waals surface area contributed by atoms with E-state index in [4.69, 9.17) is 0 Å². The second-order valence-corrected chi connectivity index (χ2v) is 25.4. The van der Waals surface area contributed by atoms with Gasteiger partial charge in [0.25, 0.3) is 0 Å². The minimum Gasteiger partial charge on any atom is -0.340 e. The topological polar surface area (TPSA) is 46.0 Å². The molecule has 69 heavy (non-hydrogen) atoms. The van der Waals surface area contributed by atoms with E-state index in [1.165, 1.54) is 64.7 Å². The molecule has 0 radical (unpaired) electrons. The third-order valence-electron chi connectivity index (χ3n) is 20.1. The molecule has 15 atom stereocenters. The Labute approximate surface area is 414 Å². The molecule has 15 unspecified atom stereocenters. The predicted molar refractivity (Wildman–Crippen MR) is 288 cm³/mol. The predicted octanol–water partition coefficient (Wildman–Crippen LogP) is 14.4. The lowest BCUT2D eigenvalue weighted by molar-refractivity contribution is 0.0582. The molecule has 0 spiro atoms. The van der Waals surface area contributed by atoms with E-state index in [9.17, 15) is 0 Å². The molecule has 13 rings (SSSR count). The minimum absolute atomic E-state index is 0.00566. The van der Waals surface area contributed by atoms with E-state index in [0.717, 1.165) is 38.5 Å². The van der Waals surface area contributed by atoms with E-state index in [2.05, 4.69) is 173 Å². The third-order valence-corrected chi connectivity index (χ3v) is 20.1. The zero-order chi connectivity index (χ0) is 47.4. The highest BCUT2D eigenvalue weighted by Crippen LogP contribution is 2.63. The number of rotatable bonds is 4. The zero-order valence-electron chi connectivity index (χ0n) is 43.6. The van der Waals surface area contributed by atoms with Gasteiger partial charge in [-0.1, -0.05) is 137 Å². The highest BCUT2D eigenvalue weighted by molar-refractivity contribution is 5.85. The lowest BCUT2D eigenvalue weighted by Gasteiger charge is -2.51. The highest BCUT2D eigenvalue weighted by Gasteiger charge is 2.57. The summed E-state index contributed by atoms with van der Waals surface area (Å²) in [5, 5.41) is 13.3. The number of hydrogen-bond acceptors (Lipinski definition) is 3. The molecular weight excluding hydrogens is 839 g/mol. The van der Waals surface area contributed by atoms with Gasteiger partial charge in [0.1, 0.15) is 0 Å². The van der Waals surface area contributed by atoms with Crippen LogP contribution in [0.25, 0.3) is 23.3 Å². The van der Waals surface area contributed by atoms with Crippen molar-refractivity contribution in [1.29, 1.82) is 0 Å². The number of aromatic nitrogens is 2. The first-order valence-corrected chi connectivity index (χ1v) is 27.9. The van der Waals surface area contributed by atoms with Gasteiger partial charge in [0.15, 0.2) is 0 Å². The average Bonchev–Trinajstić information content (AvgIpc) is 3.88. The van der Waals surface area contributed by atoms with Crippen molar-refractivity contribution in [3.8, 4) is 0 Å². The molecule has 1 saturated heterocycles. The summed E-state index contributed by atoms with van der Waals surface area (Å²) in [5.74, 6) is 4.96. The van der Waals surface area contributed by atoms with Gasteiger partial charge in [-0.25, -0.2) is 0 Å². The van der Waals surface area contributed by atoms with Gasteiger partial charge < -0.3 is 9.13 Å². The van der Waals surface area contributed by atoms with E-state index < -0.39 is 0 Å². The standard InChI is InChI=1S/C64H81N5/c1-34-24-40(7)58-48(27-34)49-28-35(2)25-41(8)59(49)69(58)55-33-54-43(31-38(5)47-26-37(4)30-51-50-29-36(3)23-39(6)57(50)68(54)60(47)51)32-52(55)63-66-61(42-17-12-11-13-18-42)65-62(67-63)46-21-16-20-45-44-19-14-15-22-53(44)64(9,10)56(45)46/h11-13,16-17,19,21,23,26-28,31-32,36-37,40-43,45-46,53-56,61-63,65-67H,14-15,18,20,22,24-25,29-30,33H2,1-10H3. The number of hydrogen-bond donors (Lipinski definition) is 3. The van der Waals surface area contributed by atoms with E-state index in [1.807, 2.05) is 0 Å². The summed E-state index contributed by atoms with van der Waals surface area (Å²) in [6.07, 6.45) is 45.4. The van der Waals surface area contributed by atoms with Gasteiger partial charge in [0, 0.05) is 63.8 Å². The maximum absolute atomic E-state index is 4.54. The quantitative estimate of drug-likeness (QED) is 0.268. The molecule has 0 bridgehead atoms. The summed E-state index contributed by atoms with van der Waals surface area (Å²) in [4.78, 5) is 0. The highest BCUT2D eigenvalue weighted by atomic mass is 15.4. The van der Waals surface area contributed by atoms with Crippen molar-refractivity contribution < 1.29 is 0 Å². The van der Waals surface area contributed by atoms with Gasteiger partial charge in [0.05, 0.1) is 30.2 Å². The molecule has 3 N–H and O–H groups in total. The maximum Gasteiger partial charge on any atom is 0.0839 e. The van der Waals surface area contributed by atoms with Crippen LogP contribution in [0.2, 0.25) is 0 Å². The number of nitrogens with zero attached hydrogens (tertiary/aromatic N) is 2. The Bertz CT molecular complexity index is 2780. The van der Waals surface area contributed by atoms with Crippen LogP contribution in [0.15, 0.2) is 94.7 Å². The van der Waals surface area contributed by atoms with Crippen molar-refractivity contribution in [2.45, 2.75) is 176 Å². The molecule has 5 heteroatoms. The first-order valence-electron chi connectivity index (χ1n) is 27.9. The smallest absolute Gasteiger partial charge is 0.0839 e. The lowest BCUT2D eigenvalue weighted by Crippen LogP contribution is -2.72. The SMILES string of the molecule is CC1=Cc2c3c(n(C4CC5C(C=C(C)C6=CC(C)Cc7c8c(n5c76)C(C)=CC(C)C8)C=C4C4NC(C5C=CC=CC5)NC(C5C=CCC6C7=CCCCC7C(C)(C)C65)N4)c2C(C)C1)C(C)CC(C)=C3. The largest absolute Gasteiger partial charge is 0.340 e. The summed E-state index contributed by atoms with van der Waals surface area (Å²) in [6.45, 7) is 24.9. The van der Waals surface area contributed by atoms with Crippen LogP contribution >= 0.6 is 0 Å². The molecule has 2 aromatic rings. The van der Waals surface area contributed by atoms with E-state index in [-0.39, 0.29) is 35.9 Å². The molecule has 0 aromatic carbocycles. The van der Waals surface area contributed by atoms with Crippen molar-refractivity contribution in [2.24, 2.45) is 52.8 Å².